The summed E-state index contributed by atoms with van der Waals surface area (Å²) < 4.78 is 53.8. The number of hydrogen-bond donors (Lipinski definition) is 1. The fourth-order valence-corrected chi connectivity index (χ4v) is 1.45. The zero-order valence-corrected chi connectivity index (χ0v) is 8.77. The molecule has 0 aliphatic carbocycles. The molecule has 0 unspecified atom stereocenters. The number of nitrogen functional groups attached to an aromatic ring is 1. The van der Waals surface area contributed by atoms with Gasteiger partial charge in [0.15, 0.2) is 23.3 Å². The molecule has 0 fully saturated rings. The van der Waals surface area contributed by atoms with Crippen molar-refractivity contribution in [1.29, 1.82) is 0 Å². The molecule has 0 aliphatic rings. The predicted octanol–water partition coefficient (Wildman–Crippen LogP) is 2.66. The van der Waals surface area contributed by atoms with E-state index in [1.54, 1.807) is 0 Å². The van der Waals surface area contributed by atoms with Gasteiger partial charge >= 0.3 is 0 Å². The number of anilines is 1. The third-order valence-corrected chi connectivity index (χ3v) is 2.40. The molecule has 0 atom stereocenters. The molecule has 90 valence electrons. The Morgan fingerprint density at radius 2 is 1.59 bits per heavy atom. The second kappa shape index (κ2) is 3.92. The van der Waals surface area contributed by atoms with Crippen LogP contribution in [0.3, 0.4) is 0 Å². The highest BCUT2D eigenvalue weighted by Gasteiger charge is 2.26. The van der Waals surface area contributed by atoms with Crippen LogP contribution in [-0.4, -0.2) is 9.78 Å². The first-order valence-corrected chi connectivity index (χ1v) is 4.64. The maximum atomic E-state index is 13.5. The van der Waals surface area contributed by atoms with E-state index in [1.165, 1.54) is 6.07 Å². The van der Waals surface area contributed by atoms with Gasteiger partial charge in [-0.2, -0.15) is 5.10 Å². The third-order valence-electron chi connectivity index (χ3n) is 2.07. The van der Waals surface area contributed by atoms with E-state index in [-0.39, 0.29) is 5.82 Å². The zero-order valence-electron chi connectivity index (χ0n) is 8.02. The van der Waals surface area contributed by atoms with Crippen LogP contribution >= 0.6 is 11.6 Å². The molecule has 0 bridgehead atoms. The van der Waals surface area contributed by atoms with Gasteiger partial charge in [0, 0.05) is 6.07 Å². The minimum absolute atomic E-state index is 0.177. The smallest absolute Gasteiger partial charge is 0.189 e. The summed E-state index contributed by atoms with van der Waals surface area (Å²) >= 11 is 5.07. The summed E-state index contributed by atoms with van der Waals surface area (Å²) in [6, 6.07) is 1.21. The van der Waals surface area contributed by atoms with Gasteiger partial charge in [-0.1, -0.05) is 11.6 Å². The quantitative estimate of drug-likeness (QED) is 0.489. The number of rotatable bonds is 1. The van der Waals surface area contributed by atoms with Crippen LogP contribution in [0.25, 0.3) is 5.69 Å². The Bertz CT molecular complexity index is 567. The van der Waals surface area contributed by atoms with Crippen molar-refractivity contribution >= 4 is 17.4 Å². The van der Waals surface area contributed by atoms with Crippen LogP contribution in [0.4, 0.5) is 23.4 Å². The molecule has 2 aromatic rings. The lowest BCUT2D eigenvalue weighted by Crippen LogP contribution is -2.10. The number of aromatic nitrogens is 2. The molecule has 1 aromatic heterocycles. The van der Waals surface area contributed by atoms with Gasteiger partial charge in [-0.05, 0) is 0 Å². The molecule has 0 aliphatic heterocycles. The van der Waals surface area contributed by atoms with Gasteiger partial charge in [0.05, 0.1) is 6.20 Å². The van der Waals surface area contributed by atoms with Crippen LogP contribution < -0.4 is 5.73 Å². The SMILES string of the molecule is Nc1ccnn1-c1c(F)c(F)c(Cl)c(F)c1F. The van der Waals surface area contributed by atoms with Crippen molar-refractivity contribution in [3.05, 3.63) is 40.6 Å². The highest BCUT2D eigenvalue weighted by atomic mass is 35.5. The molecule has 17 heavy (non-hydrogen) atoms. The molecule has 0 amide bonds. The van der Waals surface area contributed by atoms with E-state index < -0.39 is 34.0 Å². The van der Waals surface area contributed by atoms with Crippen LogP contribution in [0.5, 0.6) is 0 Å². The van der Waals surface area contributed by atoms with E-state index in [0.717, 1.165) is 6.20 Å². The topological polar surface area (TPSA) is 43.8 Å². The summed E-state index contributed by atoms with van der Waals surface area (Å²) in [7, 11) is 0. The van der Waals surface area contributed by atoms with E-state index in [1.807, 2.05) is 0 Å². The van der Waals surface area contributed by atoms with E-state index in [9.17, 15) is 17.6 Å². The van der Waals surface area contributed by atoms with Crippen LogP contribution in [-0.2, 0) is 0 Å². The maximum Gasteiger partial charge on any atom is 0.189 e. The van der Waals surface area contributed by atoms with Crippen molar-refractivity contribution in [3.63, 3.8) is 0 Å². The van der Waals surface area contributed by atoms with E-state index >= 15 is 0 Å². The van der Waals surface area contributed by atoms with Gasteiger partial charge in [-0.3, -0.25) is 0 Å². The molecule has 2 N–H and O–H groups in total. The summed E-state index contributed by atoms with van der Waals surface area (Å²) in [5, 5.41) is 2.20. The lowest BCUT2D eigenvalue weighted by atomic mass is 10.2. The van der Waals surface area contributed by atoms with Gasteiger partial charge in [0.1, 0.15) is 16.5 Å². The number of benzene rings is 1. The first-order valence-electron chi connectivity index (χ1n) is 4.26. The monoisotopic (exact) mass is 265 g/mol. The van der Waals surface area contributed by atoms with Gasteiger partial charge in [0.25, 0.3) is 0 Å². The van der Waals surface area contributed by atoms with Crippen LogP contribution in [0.2, 0.25) is 5.02 Å². The summed E-state index contributed by atoms with van der Waals surface area (Å²) in [5.74, 6) is -6.90. The molecular formula is C9H4ClF4N3. The molecule has 1 heterocycles. The van der Waals surface area contributed by atoms with Gasteiger partial charge < -0.3 is 5.73 Å². The minimum Gasteiger partial charge on any atom is -0.384 e. The largest absolute Gasteiger partial charge is 0.384 e. The molecule has 0 saturated heterocycles. The average Bonchev–Trinajstić information content (AvgIpc) is 2.71. The molecule has 2 rings (SSSR count). The molecule has 0 saturated carbocycles. The summed E-state index contributed by atoms with van der Waals surface area (Å²) in [4.78, 5) is 0. The lowest BCUT2D eigenvalue weighted by Gasteiger charge is -2.09. The predicted molar refractivity (Wildman–Crippen MR) is 52.8 cm³/mol. The number of nitrogens with zero attached hydrogens (tertiary/aromatic N) is 2. The number of nitrogens with two attached hydrogens (primary N) is 1. The Kier molecular flexibility index (Phi) is 2.70. The molecule has 1 aromatic carbocycles. The Hall–Kier alpha value is -1.76. The molecule has 3 nitrogen and oxygen atoms in total. The second-order valence-electron chi connectivity index (χ2n) is 3.09. The van der Waals surface area contributed by atoms with Crippen LogP contribution in [0, 0.1) is 23.3 Å². The van der Waals surface area contributed by atoms with Crippen molar-refractivity contribution in [3.8, 4) is 5.69 Å². The van der Waals surface area contributed by atoms with Gasteiger partial charge in [-0.15, -0.1) is 0 Å². The fourth-order valence-electron chi connectivity index (χ4n) is 1.28. The molecule has 0 radical (unpaired) electrons. The Morgan fingerprint density at radius 1 is 1.06 bits per heavy atom. The summed E-state index contributed by atoms with van der Waals surface area (Å²) in [6.07, 6.45) is 1.12. The van der Waals surface area contributed by atoms with Gasteiger partial charge in [0.2, 0.25) is 0 Å². The normalized spacial score (nSPS) is 10.9. The van der Waals surface area contributed by atoms with E-state index in [2.05, 4.69) is 5.10 Å². The third kappa shape index (κ3) is 1.62. The maximum absolute atomic E-state index is 13.5. The molecular weight excluding hydrogens is 262 g/mol. The minimum atomic E-state index is -1.70. The van der Waals surface area contributed by atoms with E-state index in [0.29, 0.717) is 4.68 Å². The fraction of sp³-hybridized carbons (Fsp3) is 0. The van der Waals surface area contributed by atoms with Crippen molar-refractivity contribution in [1.82, 2.24) is 9.78 Å². The molecule has 8 heteroatoms. The summed E-state index contributed by atoms with van der Waals surface area (Å²) in [5.41, 5.74) is 4.29. The Morgan fingerprint density at radius 3 is 2.00 bits per heavy atom. The first kappa shape index (κ1) is 11.7. The number of halogens is 5. The van der Waals surface area contributed by atoms with Crippen molar-refractivity contribution < 1.29 is 17.6 Å². The van der Waals surface area contributed by atoms with Gasteiger partial charge in [-0.25, -0.2) is 22.2 Å². The van der Waals surface area contributed by atoms with Crippen LogP contribution in [0.15, 0.2) is 12.3 Å². The van der Waals surface area contributed by atoms with Crippen molar-refractivity contribution in [2.24, 2.45) is 0 Å². The Labute approximate surface area is 97.4 Å². The van der Waals surface area contributed by atoms with Crippen molar-refractivity contribution in [2.45, 2.75) is 0 Å². The highest BCUT2D eigenvalue weighted by molar-refractivity contribution is 6.31. The van der Waals surface area contributed by atoms with E-state index in [4.69, 9.17) is 17.3 Å². The average molecular weight is 266 g/mol. The standard InChI is InChI=1S/C9H4ClF4N3/c10-4-5(11)7(13)9(8(14)6(4)12)17-3(15)1-2-16-17/h1-2H,15H2. The first-order chi connectivity index (χ1) is 7.95. The molecule has 0 spiro atoms. The second-order valence-corrected chi connectivity index (χ2v) is 3.46. The Balaban J connectivity index is 2.84. The highest BCUT2D eigenvalue weighted by Crippen LogP contribution is 2.30. The lowest BCUT2D eigenvalue weighted by molar-refractivity contribution is 0.445. The number of hydrogen-bond acceptors (Lipinski definition) is 2. The zero-order chi connectivity index (χ0) is 12.7. The van der Waals surface area contributed by atoms with Crippen molar-refractivity contribution in [2.75, 3.05) is 5.73 Å². The summed E-state index contributed by atoms with van der Waals surface area (Å²) in [6.45, 7) is 0. The van der Waals surface area contributed by atoms with Crippen LogP contribution in [0.1, 0.15) is 0 Å².